The van der Waals surface area contributed by atoms with Crippen molar-refractivity contribution in [2.75, 3.05) is 0 Å². The molecule has 1 aromatic carbocycles. The van der Waals surface area contributed by atoms with Crippen LogP contribution in [0.2, 0.25) is 0 Å². The second kappa shape index (κ2) is 2.70. The summed E-state index contributed by atoms with van der Waals surface area (Å²) in [6, 6.07) is 5.91. The maximum atomic E-state index is 11.6. The molecule has 0 saturated heterocycles. The normalized spacial score (nSPS) is 11.3. The summed E-state index contributed by atoms with van der Waals surface area (Å²) in [6.07, 6.45) is 3.23. The molecule has 0 fully saturated rings. The Bertz CT molecular complexity index is 708. The number of H-pyrrole nitrogens is 1. The summed E-state index contributed by atoms with van der Waals surface area (Å²) in [4.78, 5) is 18.4. The molecule has 2 heterocycles. The number of aromatic nitrogens is 3. The Morgan fingerprint density at radius 3 is 3.07 bits per heavy atom. The van der Waals surface area contributed by atoms with Gasteiger partial charge in [0.05, 0.1) is 23.6 Å². The second-order valence-electron chi connectivity index (χ2n) is 3.62. The van der Waals surface area contributed by atoms with Crippen molar-refractivity contribution in [3.8, 4) is 0 Å². The fourth-order valence-electron chi connectivity index (χ4n) is 1.79. The average molecular weight is 199 g/mol. The lowest BCUT2D eigenvalue weighted by Gasteiger charge is -2.02. The fourth-order valence-corrected chi connectivity index (χ4v) is 1.79. The average Bonchev–Trinajstić information content (AvgIpc) is 2.69. The summed E-state index contributed by atoms with van der Waals surface area (Å²) in [7, 11) is 0. The molecule has 15 heavy (non-hydrogen) atoms. The molecule has 2 aromatic heterocycles. The van der Waals surface area contributed by atoms with Gasteiger partial charge in [0, 0.05) is 0 Å². The molecule has 0 aliphatic carbocycles. The van der Waals surface area contributed by atoms with Crippen LogP contribution in [-0.2, 0) is 0 Å². The minimum Gasteiger partial charge on any atom is -0.319 e. The number of benzene rings is 1. The van der Waals surface area contributed by atoms with E-state index >= 15 is 0 Å². The van der Waals surface area contributed by atoms with Crippen LogP contribution >= 0.6 is 0 Å². The molecule has 3 rings (SSSR count). The van der Waals surface area contributed by atoms with Gasteiger partial charge < -0.3 is 4.98 Å². The molecule has 1 N–H and O–H groups in total. The lowest BCUT2D eigenvalue weighted by atomic mass is 10.2. The number of imidazole rings is 1. The molecular formula is C11H9N3O. The summed E-state index contributed by atoms with van der Waals surface area (Å²) in [5.74, 6) is 0. The van der Waals surface area contributed by atoms with Crippen LogP contribution in [0.15, 0.2) is 35.5 Å². The van der Waals surface area contributed by atoms with Gasteiger partial charge in [0.25, 0.3) is 5.56 Å². The van der Waals surface area contributed by atoms with E-state index in [-0.39, 0.29) is 5.56 Å². The van der Waals surface area contributed by atoms with Crippen LogP contribution < -0.4 is 5.56 Å². The smallest absolute Gasteiger partial charge is 0.274 e. The zero-order valence-electron chi connectivity index (χ0n) is 8.19. The van der Waals surface area contributed by atoms with Crippen LogP contribution in [0.1, 0.15) is 5.56 Å². The molecule has 74 valence electrons. The van der Waals surface area contributed by atoms with E-state index in [1.54, 1.807) is 16.9 Å². The van der Waals surface area contributed by atoms with Gasteiger partial charge in [-0.3, -0.25) is 9.20 Å². The SMILES string of the molecule is Cc1ccc2[nH]c(=O)c3cncn3c2c1. The number of hydrogen-bond donors (Lipinski definition) is 1. The highest BCUT2D eigenvalue weighted by atomic mass is 16.1. The minimum atomic E-state index is -0.108. The number of fused-ring (bicyclic) bond motifs is 3. The van der Waals surface area contributed by atoms with Crippen molar-refractivity contribution in [3.63, 3.8) is 0 Å². The number of aromatic amines is 1. The zero-order chi connectivity index (χ0) is 10.4. The number of nitrogens with one attached hydrogen (secondary N) is 1. The van der Waals surface area contributed by atoms with E-state index in [0.717, 1.165) is 16.6 Å². The summed E-state index contributed by atoms with van der Waals surface area (Å²) in [6.45, 7) is 2.02. The van der Waals surface area contributed by atoms with Crippen LogP contribution in [0, 0.1) is 6.92 Å². The molecule has 4 nitrogen and oxygen atoms in total. The molecule has 0 aliphatic heterocycles. The predicted octanol–water partition coefficient (Wildman–Crippen LogP) is 1.48. The van der Waals surface area contributed by atoms with Crippen LogP contribution in [-0.4, -0.2) is 14.4 Å². The maximum absolute atomic E-state index is 11.6. The molecule has 0 radical (unpaired) electrons. The fraction of sp³-hybridized carbons (Fsp3) is 0.0909. The summed E-state index contributed by atoms with van der Waals surface area (Å²) in [5.41, 5.74) is 3.43. The van der Waals surface area contributed by atoms with Gasteiger partial charge in [0.15, 0.2) is 0 Å². The lowest BCUT2D eigenvalue weighted by molar-refractivity contribution is 1.16. The quantitative estimate of drug-likeness (QED) is 0.596. The zero-order valence-corrected chi connectivity index (χ0v) is 8.19. The van der Waals surface area contributed by atoms with E-state index in [2.05, 4.69) is 9.97 Å². The van der Waals surface area contributed by atoms with Crippen LogP contribution in [0.4, 0.5) is 0 Å². The minimum absolute atomic E-state index is 0.108. The van der Waals surface area contributed by atoms with Gasteiger partial charge in [-0.2, -0.15) is 0 Å². The highest BCUT2D eigenvalue weighted by Gasteiger charge is 2.04. The number of nitrogens with zero attached hydrogens (tertiary/aromatic N) is 2. The summed E-state index contributed by atoms with van der Waals surface area (Å²) >= 11 is 0. The van der Waals surface area contributed by atoms with E-state index in [1.807, 2.05) is 25.1 Å². The first-order chi connectivity index (χ1) is 7.25. The maximum Gasteiger partial charge on any atom is 0.274 e. The third-order valence-corrected chi connectivity index (χ3v) is 2.53. The topological polar surface area (TPSA) is 50.2 Å². The molecule has 0 atom stereocenters. The molecule has 0 unspecified atom stereocenters. The van der Waals surface area contributed by atoms with Gasteiger partial charge in [-0.25, -0.2) is 4.98 Å². The second-order valence-corrected chi connectivity index (χ2v) is 3.62. The van der Waals surface area contributed by atoms with Crippen LogP contribution in [0.3, 0.4) is 0 Å². The first-order valence-electron chi connectivity index (χ1n) is 4.70. The lowest BCUT2D eigenvalue weighted by Crippen LogP contribution is -2.09. The first kappa shape index (κ1) is 8.23. The van der Waals surface area contributed by atoms with E-state index in [0.29, 0.717) is 5.52 Å². The van der Waals surface area contributed by atoms with Gasteiger partial charge in [-0.15, -0.1) is 0 Å². The van der Waals surface area contributed by atoms with Crippen molar-refractivity contribution < 1.29 is 0 Å². The predicted molar refractivity (Wildman–Crippen MR) is 58.1 cm³/mol. The largest absolute Gasteiger partial charge is 0.319 e. The van der Waals surface area contributed by atoms with Crippen molar-refractivity contribution >= 4 is 16.6 Å². The monoisotopic (exact) mass is 199 g/mol. The van der Waals surface area contributed by atoms with Gasteiger partial charge >= 0.3 is 0 Å². The van der Waals surface area contributed by atoms with E-state index < -0.39 is 0 Å². The molecule has 0 saturated carbocycles. The third-order valence-electron chi connectivity index (χ3n) is 2.53. The molecule has 3 aromatic rings. The third kappa shape index (κ3) is 1.08. The Morgan fingerprint density at radius 2 is 2.20 bits per heavy atom. The van der Waals surface area contributed by atoms with Crippen molar-refractivity contribution in [1.82, 2.24) is 14.4 Å². The number of rotatable bonds is 0. The van der Waals surface area contributed by atoms with Crippen LogP contribution in [0.25, 0.3) is 16.6 Å². The van der Waals surface area contributed by atoms with Gasteiger partial charge in [-0.1, -0.05) is 6.07 Å². The Balaban J connectivity index is 2.67. The highest BCUT2D eigenvalue weighted by molar-refractivity contribution is 5.78. The van der Waals surface area contributed by atoms with Crippen molar-refractivity contribution in [2.45, 2.75) is 6.92 Å². The molecule has 0 spiro atoms. The van der Waals surface area contributed by atoms with E-state index in [9.17, 15) is 4.79 Å². The molecular weight excluding hydrogens is 190 g/mol. The molecule has 0 bridgehead atoms. The van der Waals surface area contributed by atoms with E-state index in [1.165, 1.54) is 0 Å². The van der Waals surface area contributed by atoms with Gasteiger partial charge in [-0.05, 0) is 24.6 Å². The summed E-state index contributed by atoms with van der Waals surface area (Å²) < 4.78 is 1.81. The molecule has 4 heteroatoms. The number of hydrogen-bond acceptors (Lipinski definition) is 2. The van der Waals surface area contributed by atoms with E-state index in [4.69, 9.17) is 0 Å². The Hall–Kier alpha value is -2.10. The van der Waals surface area contributed by atoms with Gasteiger partial charge in [0.1, 0.15) is 5.52 Å². The van der Waals surface area contributed by atoms with Gasteiger partial charge in [0.2, 0.25) is 0 Å². The Kier molecular flexibility index (Phi) is 1.48. The first-order valence-corrected chi connectivity index (χ1v) is 4.70. The Labute approximate surface area is 85.2 Å². The Morgan fingerprint density at radius 1 is 1.33 bits per heavy atom. The van der Waals surface area contributed by atoms with Crippen molar-refractivity contribution in [2.24, 2.45) is 0 Å². The number of aryl methyl sites for hydroxylation is 1. The molecule has 0 aliphatic rings. The highest BCUT2D eigenvalue weighted by Crippen LogP contribution is 2.13. The standard InChI is InChI=1S/C11H9N3O/c1-7-2-3-8-9(4-7)14-6-12-5-10(14)11(15)13-8/h2-6H,1H3,(H,13,15). The van der Waals surface area contributed by atoms with Crippen molar-refractivity contribution in [1.29, 1.82) is 0 Å². The van der Waals surface area contributed by atoms with Crippen LogP contribution in [0.5, 0.6) is 0 Å². The molecule has 0 amide bonds. The van der Waals surface area contributed by atoms with Crippen molar-refractivity contribution in [3.05, 3.63) is 46.6 Å². The summed E-state index contributed by atoms with van der Waals surface area (Å²) in [5, 5.41) is 0.